The average Bonchev–Trinajstić information content (AvgIpc) is 3.05. The van der Waals surface area contributed by atoms with E-state index in [1.54, 1.807) is 109 Å². The summed E-state index contributed by atoms with van der Waals surface area (Å²) in [6.45, 7) is -0.322. The molecule has 4 aromatic carbocycles. The van der Waals surface area contributed by atoms with Gasteiger partial charge in [-0.15, -0.1) is 0 Å². The van der Waals surface area contributed by atoms with E-state index in [-0.39, 0.29) is 28.9 Å². The van der Waals surface area contributed by atoms with E-state index in [0.717, 1.165) is 0 Å². The number of hydrogen-bond donors (Lipinski definition) is 0. The van der Waals surface area contributed by atoms with Crippen LogP contribution in [0.3, 0.4) is 0 Å². The maximum Gasteiger partial charge on any atom is 0.340 e. The van der Waals surface area contributed by atoms with Crippen molar-refractivity contribution in [2.75, 3.05) is 6.61 Å². The summed E-state index contributed by atoms with van der Waals surface area (Å²) in [5.74, 6) is -3.02. The Morgan fingerprint density at radius 1 is 0.452 bits per heavy atom. The number of carbonyl (C=O) groups excluding carboxylic acids is 4. The van der Waals surface area contributed by atoms with Crippen molar-refractivity contribution in [2.24, 2.45) is 0 Å². The highest BCUT2D eigenvalue weighted by Crippen LogP contribution is 2.28. The molecule has 4 atom stereocenters. The van der Waals surface area contributed by atoms with Gasteiger partial charge in [0.1, 0.15) is 0 Å². The molecule has 0 saturated carbocycles. The average molecular weight is 567 g/mol. The van der Waals surface area contributed by atoms with Gasteiger partial charge in [0.15, 0.2) is 12.2 Å². The van der Waals surface area contributed by atoms with Gasteiger partial charge in [0.25, 0.3) is 0 Å². The maximum atomic E-state index is 13.2. The second-order valence-electron chi connectivity index (χ2n) is 9.25. The van der Waals surface area contributed by atoms with Crippen LogP contribution in [0.4, 0.5) is 0 Å². The fraction of sp³-hybridized carbons (Fsp3) is 0.152. The number of hydrogen-bond acceptors (Lipinski definition) is 9. The minimum absolute atomic E-state index is 0.196. The van der Waals surface area contributed by atoms with Crippen molar-refractivity contribution in [1.29, 1.82) is 0 Å². The van der Waals surface area contributed by atoms with Crippen LogP contribution in [0.25, 0.3) is 0 Å². The largest absolute Gasteiger partial charge is 0.452 e. The zero-order valence-corrected chi connectivity index (χ0v) is 22.2. The highest BCUT2D eigenvalue weighted by atomic mass is 16.7. The molecule has 0 amide bonds. The van der Waals surface area contributed by atoms with Gasteiger partial charge in [-0.3, -0.25) is 0 Å². The lowest BCUT2D eigenvalue weighted by Crippen LogP contribution is -2.58. The minimum atomic E-state index is -1.50. The quantitative estimate of drug-likeness (QED) is 0.218. The first-order valence-electron chi connectivity index (χ1n) is 13.2. The molecule has 1 heterocycles. The Morgan fingerprint density at radius 2 is 0.786 bits per heavy atom. The van der Waals surface area contributed by atoms with Crippen LogP contribution < -0.4 is 0 Å². The van der Waals surface area contributed by atoms with E-state index < -0.39 is 48.5 Å². The number of esters is 4. The van der Waals surface area contributed by atoms with Gasteiger partial charge in [0, 0.05) is 0 Å². The molecule has 1 saturated heterocycles. The third kappa shape index (κ3) is 6.89. The first-order valence-corrected chi connectivity index (χ1v) is 13.2. The third-order valence-corrected chi connectivity index (χ3v) is 6.39. The normalized spacial score (nSPS) is 19.6. The molecule has 0 bridgehead atoms. The molecular formula is C33H26O9. The van der Waals surface area contributed by atoms with Crippen LogP contribution in [0, 0.1) is 0 Å². The SMILES string of the molecule is O=C(O[C@H]1OC[C@H](OC(=O)c2ccccc2)[C@H](OC(=O)c2ccccc2)[C@H]1OC(=O)c1ccccc1)c1ccccc1. The van der Waals surface area contributed by atoms with E-state index in [4.69, 9.17) is 23.7 Å². The summed E-state index contributed by atoms with van der Waals surface area (Å²) in [5, 5.41) is 0. The Bertz CT molecular complexity index is 1390. The van der Waals surface area contributed by atoms with Crippen LogP contribution in [0.5, 0.6) is 0 Å². The van der Waals surface area contributed by atoms with Gasteiger partial charge in [-0.05, 0) is 48.5 Å². The Labute approximate surface area is 241 Å². The highest BCUT2D eigenvalue weighted by Gasteiger charge is 2.50. The summed E-state index contributed by atoms with van der Waals surface area (Å²) in [7, 11) is 0. The Morgan fingerprint density at radius 3 is 1.19 bits per heavy atom. The van der Waals surface area contributed by atoms with Gasteiger partial charge in [-0.2, -0.15) is 0 Å². The summed E-state index contributed by atoms with van der Waals surface area (Å²) in [4.78, 5) is 52.4. The zero-order valence-electron chi connectivity index (χ0n) is 22.2. The number of rotatable bonds is 8. The van der Waals surface area contributed by atoms with Crippen LogP contribution in [0.1, 0.15) is 41.4 Å². The van der Waals surface area contributed by atoms with Crippen molar-refractivity contribution < 1.29 is 42.9 Å². The van der Waals surface area contributed by atoms with Gasteiger partial charge < -0.3 is 23.7 Å². The molecule has 1 fully saturated rings. The summed E-state index contributed by atoms with van der Waals surface area (Å²) in [6, 6.07) is 32.6. The highest BCUT2D eigenvalue weighted by molar-refractivity contribution is 5.91. The van der Waals surface area contributed by atoms with Gasteiger partial charge >= 0.3 is 23.9 Å². The van der Waals surface area contributed by atoms with Crippen LogP contribution >= 0.6 is 0 Å². The smallest absolute Gasteiger partial charge is 0.340 e. The molecule has 0 spiro atoms. The van der Waals surface area contributed by atoms with Crippen molar-refractivity contribution in [3.63, 3.8) is 0 Å². The third-order valence-electron chi connectivity index (χ3n) is 6.39. The molecule has 1 aliphatic rings. The summed E-state index contributed by atoms with van der Waals surface area (Å²) >= 11 is 0. The van der Waals surface area contributed by atoms with Gasteiger partial charge in [-0.1, -0.05) is 72.8 Å². The zero-order chi connectivity index (χ0) is 29.3. The summed E-state index contributed by atoms with van der Waals surface area (Å²) in [6.07, 6.45) is -5.61. The Balaban J connectivity index is 1.48. The fourth-order valence-corrected chi connectivity index (χ4v) is 4.27. The van der Waals surface area contributed by atoms with Crippen LogP contribution in [0.15, 0.2) is 121 Å². The molecular weight excluding hydrogens is 540 g/mol. The molecule has 0 N–H and O–H groups in total. The maximum absolute atomic E-state index is 13.2. The lowest BCUT2D eigenvalue weighted by molar-refractivity contribution is -0.250. The number of carbonyl (C=O) groups is 4. The molecule has 0 unspecified atom stereocenters. The molecule has 9 heteroatoms. The standard InChI is InChI=1S/C33H26O9/c34-29(22-13-5-1-6-14-22)39-26-21-38-33(42-32(37)25-19-11-4-12-20-25)28(41-31(36)24-17-9-3-10-18-24)27(26)40-30(35)23-15-7-2-8-16-23/h1-20,26-28,33H,21H2/t26-,27-,28+,33+/m0/s1. The molecule has 0 aromatic heterocycles. The van der Waals surface area contributed by atoms with Crippen molar-refractivity contribution in [3.8, 4) is 0 Å². The number of benzene rings is 4. The predicted octanol–water partition coefficient (Wildman–Crippen LogP) is 4.88. The molecule has 9 nitrogen and oxygen atoms in total. The summed E-state index contributed by atoms with van der Waals surface area (Å²) < 4.78 is 28.7. The van der Waals surface area contributed by atoms with Crippen LogP contribution in [0.2, 0.25) is 0 Å². The minimum Gasteiger partial charge on any atom is -0.452 e. The Hall–Kier alpha value is -5.28. The van der Waals surface area contributed by atoms with E-state index in [1.807, 2.05) is 0 Å². The summed E-state index contributed by atoms with van der Waals surface area (Å²) in [5.41, 5.74) is 0.885. The van der Waals surface area contributed by atoms with E-state index in [0.29, 0.717) is 0 Å². The van der Waals surface area contributed by atoms with Crippen molar-refractivity contribution >= 4 is 23.9 Å². The molecule has 4 aromatic rings. The van der Waals surface area contributed by atoms with E-state index in [1.165, 1.54) is 12.1 Å². The van der Waals surface area contributed by atoms with Crippen molar-refractivity contribution in [1.82, 2.24) is 0 Å². The first kappa shape index (κ1) is 28.3. The van der Waals surface area contributed by atoms with E-state index >= 15 is 0 Å². The van der Waals surface area contributed by atoms with Crippen LogP contribution in [-0.2, 0) is 23.7 Å². The second-order valence-corrected chi connectivity index (χ2v) is 9.25. The molecule has 212 valence electrons. The molecule has 0 radical (unpaired) electrons. The molecule has 42 heavy (non-hydrogen) atoms. The molecule has 0 aliphatic carbocycles. The topological polar surface area (TPSA) is 114 Å². The second kappa shape index (κ2) is 13.4. The van der Waals surface area contributed by atoms with Crippen LogP contribution in [-0.4, -0.2) is 55.1 Å². The first-order chi connectivity index (χ1) is 20.5. The Kier molecular flexibility index (Phi) is 9.00. The van der Waals surface area contributed by atoms with Crippen molar-refractivity contribution in [3.05, 3.63) is 144 Å². The lowest BCUT2D eigenvalue weighted by Gasteiger charge is -2.40. The van der Waals surface area contributed by atoms with Gasteiger partial charge in [-0.25, -0.2) is 19.2 Å². The number of ether oxygens (including phenoxy) is 5. The van der Waals surface area contributed by atoms with E-state index in [9.17, 15) is 19.2 Å². The lowest BCUT2D eigenvalue weighted by atomic mass is 10.0. The van der Waals surface area contributed by atoms with Gasteiger partial charge in [0.05, 0.1) is 28.9 Å². The van der Waals surface area contributed by atoms with Crippen molar-refractivity contribution in [2.45, 2.75) is 24.6 Å². The fourth-order valence-electron chi connectivity index (χ4n) is 4.27. The molecule has 5 rings (SSSR count). The van der Waals surface area contributed by atoms with Gasteiger partial charge in [0.2, 0.25) is 12.4 Å². The predicted molar refractivity (Wildman–Crippen MR) is 149 cm³/mol. The van der Waals surface area contributed by atoms with E-state index in [2.05, 4.69) is 0 Å². The molecule has 1 aliphatic heterocycles. The monoisotopic (exact) mass is 566 g/mol.